The molecule has 0 unspecified atom stereocenters. The van der Waals surface area contributed by atoms with E-state index >= 15 is 0 Å². The fourth-order valence-electron chi connectivity index (χ4n) is 2.56. The van der Waals surface area contributed by atoms with Gasteiger partial charge in [-0.25, -0.2) is 4.39 Å². The van der Waals surface area contributed by atoms with Crippen molar-refractivity contribution in [3.63, 3.8) is 0 Å². The molecule has 1 nitrogen and oxygen atoms in total. The first-order valence-corrected chi connectivity index (χ1v) is 5.74. The smallest absolute Gasteiger partial charge is 0.123 e. The summed E-state index contributed by atoms with van der Waals surface area (Å²) in [6.45, 7) is 4.38. The summed E-state index contributed by atoms with van der Waals surface area (Å²) in [5.41, 5.74) is 1.58. The van der Waals surface area contributed by atoms with E-state index in [1.165, 1.54) is 5.56 Å². The quantitative estimate of drug-likeness (QED) is 0.786. The molecule has 82 valence electrons. The molecule has 1 saturated heterocycles. The predicted molar refractivity (Wildman–Crippen MR) is 60.5 cm³/mol. The van der Waals surface area contributed by atoms with Crippen molar-refractivity contribution in [2.75, 3.05) is 13.1 Å². The van der Waals surface area contributed by atoms with Gasteiger partial charge in [-0.2, -0.15) is 0 Å². The lowest BCUT2D eigenvalue weighted by atomic mass is 9.71. The third-order valence-corrected chi connectivity index (χ3v) is 3.69. The van der Waals surface area contributed by atoms with Crippen LogP contribution in [-0.4, -0.2) is 13.1 Å². The molecule has 1 heterocycles. The molecule has 1 fully saturated rings. The molecule has 0 amide bonds. The number of rotatable bonds is 2. The molecule has 1 aliphatic heterocycles. The molecule has 2 rings (SSSR count). The largest absolute Gasteiger partial charge is 0.317 e. The van der Waals surface area contributed by atoms with Crippen molar-refractivity contribution in [1.82, 2.24) is 5.32 Å². The Labute approximate surface area is 90.7 Å². The Balaban J connectivity index is 2.28. The van der Waals surface area contributed by atoms with E-state index in [2.05, 4.69) is 12.2 Å². The average Bonchev–Trinajstić information content (AvgIpc) is 2.31. The summed E-state index contributed by atoms with van der Waals surface area (Å²) >= 11 is 0. The van der Waals surface area contributed by atoms with Crippen LogP contribution in [0.3, 0.4) is 0 Å². The Kier molecular flexibility index (Phi) is 3.06. The highest BCUT2D eigenvalue weighted by molar-refractivity contribution is 5.26. The zero-order chi connectivity index (χ0) is 10.7. The first-order valence-electron chi connectivity index (χ1n) is 5.74. The standard InChI is InChI=1S/C13H18FN/c1-2-13(7-9-15-10-8-13)11-3-5-12(14)6-4-11/h3-6,15H,2,7-10H2,1H3. The second kappa shape index (κ2) is 4.31. The maximum absolute atomic E-state index is 12.9. The van der Waals surface area contributed by atoms with E-state index in [0.29, 0.717) is 0 Å². The second-order valence-electron chi connectivity index (χ2n) is 4.39. The molecular formula is C13H18FN. The first kappa shape index (κ1) is 10.6. The Hall–Kier alpha value is -0.890. The minimum absolute atomic E-state index is 0.140. The van der Waals surface area contributed by atoms with Gasteiger partial charge in [0.15, 0.2) is 0 Å². The van der Waals surface area contributed by atoms with Gasteiger partial charge in [0.25, 0.3) is 0 Å². The van der Waals surface area contributed by atoms with Gasteiger partial charge in [-0.05, 0) is 55.5 Å². The van der Waals surface area contributed by atoms with Crippen LogP contribution < -0.4 is 5.32 Å². The highest BCUT2D eigenvalue weighted by Gasteiger charge is 2.31. The Morgan fingerprint density at radius 1 is 1.20 bits per heavy atom. The molecule has 0 aliphatic carbocycles. The number of benzene rings is 1. The van der Waals surface area contributed by atoms with Crippen LogP contribution in [0.15, 0.2) is 24.3 Å². The monoisotopic (exact) mass is 207 g/mol. The number of nitrogens with one attached hydrogen (secondary N) is 1. The van der Waals surface area contributed by atoms with Crippen LogP contribution in [0.1, 0.15) is 31.7 Å². The Bertz CT molecular complexity index is 312. The van der Waals surface area contributed by atoms with Gasteiger partial charge in [-0.3, -0.25) is 0 Å². The van der Waals surface area contributed by atoms with Gasteiger partial charge in [0.2, 0.25) is 0 Å². The van der Waals surface area contributed by atoms with E-state index in [1.807, 2.05) is 12.1 Å². The Morgan fingerprint density at radius 3 is 2.33 bits per heavy atom. The topological polar surface area (TPSA) is 12.0 Å². The van der Waals surface area contributed by atoms with Crippen molar-refractivity contribution in [1.29, 1.82) is 0 Å². The lowest BCUT2D eigenvalue weighted by Gasteiger charge is -2.37. The molecule has 1 aromatic rings. The summed E-state index contributed by atoms with van der Waals surface area (Å²) in [6, 6.07) is 7.05. The van der Waals surface area contributed by atoms with Crippen molar-refractivity contribution in [2.24, 2.45) is 0 Å². The normalized spacial score (nSPS) is 20.1. The van der Waals surface area contributed by atoms with Crippen molar-refractivity contribution in [2.45, 2.75) is 31.6 Å². The summed E-state index contributed by atoms with van der Waals surface area (Å²) < 4.78 is 12.9. The fraction of sp³-hybridized carbons (Fsp3) is 0.538. The van der Waals surface area contributed by atoms with Crippen LogP contribution in [0.5, 0.6) is 0 Å². The highest BCUT2D eigenvalue weighted by Crippen LogP contribution is 2.36. The molecule has 0 aromatic heterocycles. The van der Waals surface area contributed by atoms with Gasteiger partial charge in [0, 0.05) is 0 Å². The minimum Gasteiger partial charge on any atom is -0.317 e. The first-order chi connectivity index (χ1) is 7.27. The van der Waals surface area contributed by atoms with Gasteiger partial charge in [0.1, 0.15) is 5.82 Å². The zero-order valence-corrected chi connectivity index (χ0v) is 9.22. The van der Waals surface area contributed by atoms with E-state index in [9.17, 15) is 4.39 Å². The molecule has 0 spiro atoms. The lowest BCUT2D eigenvalue weighted by Crippen LogP contribution is -2.39. The summed E-state index contributed by atoms with van der Waals surface area (Å²) in [7, 11) is 0. The van der Waals surface area contributed by atoms with Crippen LogP contribution in [0.2, 0.25) is 0 Å². The molecule has 2 heteroatoms. The molecular weight excluding hydrogens is 189 g/mol. The van der Waals surface area contributed by atoms with E-state index in [4.69, 9.17) is 0 Å². The third kappa shape index (κ3) is 2.05. The highest BCUT2D eigenvalue weighted by atomic mass is 19.1. The molecule has 1 N–H and O–H groups in total. The zero-order valence-electron chi connectivity index (χ0n) is 9.22. The number of piperidine rings is 1. The second-order valence-corrected chi connectivity index (χ2v) is 4.39. The SMILES string of the molecule is CCC1(c2ccc(F)cc2)CCNCC1. The van der Waals surface area contributed by atoms with Gasteiger partial charge in [-0.1, -0.05) is 19.1 Å². The minimum atomic E-state index is -0.140. The maximum Gasteiger partial charge on any atom is 0.123 e. The predicted octanol–water partition coefficient (Wildman–Crippen LogP) is 2.86. The van der Waals surface area contributed by atoms with Crippen LogP contribution in [0.25, 0.3) is 0 Å². The fourth-order valence-corrected chi connectivity index (χ4v) is 2.56. The molecule has 0 atom stereocenters. The van der Waals surface area contributed by atoms with Crippen molar-refractivity contribution in [3.05, 3.63) is 35.6 Å². The van der Waals surface area contributed by atoms with Gasteiger partial charge >= 0.3 is 0 Å². The molecule has 0 radical (unpaired) electrons. The Morgan fingerprint density at radius 2 is 1.80 bits per heavy atom. The summed E-state index contributed by atoms with van der Waals surface area (Å²) in [5.74, 6) is -0.140. The van der Waals surface area contributed by atoms with E-state index < -0.39 is 0 Å². The number of hydrogen-bond acceptors (Lipinski definition) is 1. The number of hydrogen-bond donors (Lipinski definition) is 1. The number of halogens is 1. The van der Waals surface area contributed by atoms with Crippen molar-refractivity contribution < 1.29 is 4.39 Å². The van der Waals surface area contributed by atoms with Crippen molar-refractivity contribution >= 4 is 0 Å². The molecule has 1 aliphatic rings. The average molecular weight is 207 g/mol. The molecule has 0 saturated carbocycles. The van der Waals surface area contributed by atoms with E-state index in [-0.39, 0.29) is 11.2 Å². The van der Waals surface area contributed by atoms with Crippen LogP contribution in [-0.2, 0) is 5.41 Å². The summed E-state index contributed by atoms with van der Waals surface area (Å²) in [4.78, 5) is 0. The van der Waals surface area contributed by atoms with Gasteiger partial charge < -0.3 is 5.32 Å². The summed E-state index contributed by atoms with van der Waals surface area (Å²) in [6.07, 6.45) is 3.46. The van der Waals surface area contributed by atoms with Crippen LogP contribution in [0, 0.1) is 5.82 Å². The molecule has 0 bridgehead atoms. The van der Waals surface area contributed by atoms with Crippen LogP contribution in [0.4, 0.5) is 4.39 Å². The summed E-state index contributed by atoms with van der Waals surface area (Å²) in [5, 5.41) is 3.38. The molecule has 15 heavy (non-hydrogen) atoms. The van der Waals surface area contributed by atoms with Gasteiger partial charge in [0.05, 0.1) is 0 Å². The third-order valence-electron chi connectivity index (χ3n) is 3.69. The van der Waals surface area contributed by atoms with E-state index in [1.54, 1.807) is 12.1 Å². The van der Waals surface area contributed by atoms with Crippen LogP contribution >= 0.6 is 0 Å². The van der Waals surface area contributed by atoms with Crippen molar-refractivity contribution in [3.8, 4) is 0 Å². The van der Waals surface area contributed by atoms with Gasteiger partial charge in [-0.15, -0.1) is 0 Å². The van der Waals surface area contributed by atoms with E-state index in [0.717, 1.165) is 32.4 Å². The molecule has 1 aromatic carbocycles. The maximum atomic E-state index is 12.9. The lowest BCUT2D eigenvalue weighted by molar-refractivity contribution is 0.297.